The van der Waals surface area contributed by atoms with E-state index in [0.29, 0.717) is 11.1 Å². The Kier molecular flexibility index (Phi) is 4.22. The van der Waals surface area contributed by atoms with Gasteiger partial charge in [0, 0.05) is 24.4 Å². The number of rotatable bonds is 4. The highest BCUT2D eigenvalue weighted by Crippen LogP contribution is 2.20. The van der Waals surface area contributed by atoms with Crippen LogP contribution in [0.2, 0.25) is 0 Å². The standard InChI is InChI=1S/C14H12FN3O3/c1-9-10(3-2-4-12(9)18(20)21)7-17-14(19)11-5-6-13(15)16-8-11/h2-6,8H,7H2,1H3,(H,17,19). The molecule has 2 rings (SSSR count). The van der Waals surface area contributed by atoms with Gasteiger partial charge < -0.3 is 5.32 Å². The van der Waals surface area contributed by atoms with Crippen molar-refractivity contribution in [3.05, 3.63) is 69.3 Å². The van der Waals surface area contributed by atoms with Gasteiger partial charge in [-0.2, -0.15) is 4.39 Å². The van der Waals surface area contributed by atoms with Gasteiger partial charge in [-0.3, -0.25) is 14.9 Å². The molecule has 1 aromatic heterocycles. The molecule has 7 heteroatoms. The van der Waals surface area contributed by atoms with E-state index >= 15 is 0 Å². The summed E-state index contributed by atoms with van der Waals surface area (Å²) in [4.78, 5) is 25.6. The number of amides is 1. The summed E-state index contributed by atoms with van der Waals surface area (Å²) < 4.78 is 12.7. The predicted molar refractivity (Wildman–Crippen MR) is 73.2 cm³/mol. The molecule has 0 fully saturated rings. The van der Waals surface area contributed by atoms with Gasteiger partial charge in [-0.05, 0) is 24.6 Å². The molecule has 1 heterocycles. The third kappa shape index (κ3) is 3.38. The SMILES string of the molecule is Cc1c(CNC(=O)c2ccc(F)nc2)cccc1[N+](=O)[O-]. The number of hydrogen-bond donors (Lipinski definition) is 1. The van der Waals surface area contributed by atoms with Crippen molar-refractivity contribution < 1.29 is 14.1 Å². The smallest absolute Gasteiger partial charge is 0.272 e. The Balaban J connectivity index is 2.10. The zero-order valence-electron chi connectivity index (χ0n) is 11.2. The average Bonchev–Trinajstić information content (AvgIpc) is 2.46. The van der Waals surface area contributed by atoms with Crippen molar-refractivity contribution in [3.63, 3.8) is 0 Å². The van der Waals surface area contributed by atoms with Crippen molar-refractivity contribution in [2.24, 2.45) is 0 Å². The maximum absolute atomic E-state index is 12.7. The molecule has 0 bridgehead atoms. The number of nitrogens with zero attached hydrogens (tertiary/aromatic N) is 2. The molecule has 0 unspecified atom stereocenters. The lowest BCUT2D eigenvalue weighted by molar-refractivity contribution is -0.385. The second-order valence-electron chi connectivity index (χ2n) is 4.37. The van der Waals surface area contributed by atoms with Crippen LogP contribution in [-0.2, 0) is 6.54 Å². The summed E-state index contributed by atoms with van der Waals surface area (Å²) in [7, 11) is 0. The van der Waals surface area contributed by atoms with Crippen molar-refractivity contribution in [2.45, 2.75) is 13.5 Å². The van der Waals surface area contributed by atoms with E-state index < -0.39 is 16.8 Å². The topological polar surface area (TPSA) is 85.1 Å². The lowest BCUT2D eigenvalue weighted by Crippen LogP contribution is -2.23. The lowest BCUT2D eigenvalue weighted by Gasteiger charge is -2.08. The fraction of sp³-hybridized carbons (Fsp3) is 0.143. The van der Waals surface area contributed by atoms with E-state index in [1.807, 2.05) is 0 Å². The van der Waals surface area contributed by atoms with Gasteiger partial charge >= 0.3 is 0 Å². The van der Waals surface area contributed by atoms with Gasteiger partial charge in [-0.1, -0.05) is 12.1 Å². The molecule has 0 atom stereocenters. The molecule has 6 nitrogen and oxygen atoms in total. The molecule has 0 saturated carbocycles. The molecule has 0 spiro atoms. The first kappa shape index (κ1) is 14.6. The number of nitro benzene ring substituents is 1. The highest BCUT2D eigenvalue weighted by Gasteiger charge is 2.14. The van der Waals surface area contributed by atoms with Crippen molar-refractivity contribution >= 4 is 11.6 Å². The number of nitro groups is 1. The fourth-order valence-electron chi connectivity index (χ4n) is 1.85. The van der Waals surface area contributed by atoms with Crippen LogP contribution in [-0.4, -0.2) is 15.8 Å². The molecule has 1 amide bonds. The van der Waals surface area contributed by atoms with Crippen LogP contribution in [0.25, 0.3) is 0 Å². The number of hydrogen-bond acceptors (Lipinski definition) is 4. The van der Waals surface area contributed by atoms with Crippen LogP contribution < -0.4 is 5.32 Å². The van der Waals surface area contributed by atoms with E-state index in [9.17, 15) is 19.3 Å². The lowest BCUT2D eigenvalue weighted by atomic mass is 10.1. The molecule has 0 radical (unpaired) electrons. The van der Waals surface area contributed by atoms with Crippen LogP contribution in [0.15, 0.2) is 36.5 Å². The average molecular weight is 289 g/mol. The molecular formula is C14H12FN3O3. The Morgan fingerprint density at radius 3 is 2.76 bits per heavy atom. The van der Waals surface area contributed by atoms with Crippen LogP contribution in [0.4, 0.5) is 10.1 Å². The van der Waals surface area contributed by atoms with Crippen LogP contribution in [0.5, 0.6) is 0 Å². The zero-order valence-corrected chi connectivity index (χ0v) is 11.2. The number of nitrogens with one attached hydrogen (secondary N) is 1. The first-order chi connectivity index (χ1) is 9.99. The van der Waals surface area contributed by atoms with E-state index in [1.165, 1.54) is 12.1 Å². The van der Waals surface area contributed by atoms with Gasteiger partial charge in [0.15, 0.2) is 0 Å². The van der Waals surface area contributed by atoms with E-state index in [0.717, 1.165) is 12.3 Å². The Morgan fingerprint density at radius 2 is 2.14 bits per heavy atom. The minimum atomic E-state index is -0.666. The van der Waals surface area contributed by atoms with Gasteiger partial charge in [0.25, 0.3) is 11.6 Å². The van der Waals surface area contributed by atoms with Gasteiger partial charge in [-0.15, -0.1) is 0 Å². The second kappa shape index (κ2) is 6.08. The molecule has 0 aliphatic rings. The molecular weight excluding hydrogens is 277 g/mol. The number of carbonyl (C=O) groups is 1. The minimum absolute atomic E-state index is 0.00481. The summed E-state index contributed by atoms with van der Waals surface area (Å²) in [5.74, 6) is -1.09. The normalized spacial score (nSPS) is 10.2. The summed E-state index contributed by atoms with van der Waals surface area (Å²) in [6.45, 7) is 1.77. The summed E-state index contributed by atoms with van der Waals surface area (Å²) >= 11 is 0. The summed E-state index contributed by atoms with van der Waals surface area (Å²) in [5.41, 5.74) is 1.37. The first-order valence-corrected chi connectivity index (χ1v) is 6.11. The van der Waals surface area contributed by atoms with Gasteiger partial charge in [-0.25, -0.2) is 4.98 Å². The quantitative estimate of drug-likeness (QED) is 0.532. The van der Waals surface area contributed by atoms with Crippen molar-refractivity contribution in [3.8, 4) is 0 Å². The van der Waals surface area contributed by atoms with Gasteiger partial charge in [0.2, 0.25) is 5.95 Å². The predicted octanol–water partition coefficient (Wildman–Crippen LogP) is 2.37. The van der Waals surface area contributed by atoms with Crippen LogP contribution in [0, 0.1) is 23.0 Å². The van der Waals surface area contributed by atoms with E-state index in [1.54, 1.807) is 19.1 Å². The molecule has 1 aromatic carbocycles. The highest BCUT2D eigenvalue weighted by molar-refractivity contribution is 5.93. The second-order valence-corrected chi connectivity index (χ2v) is 4.37. The maximum Gasteiger partial charge on any atom is 0.272 e. The minimum Gasteiger partial charge on any atom is -0.348 e. The van der Waals surface area contributed by atoms with E-state index in [2.05, 4.69) is 10.3 Å². The molecule has 1 N–H and O–H groups in total. The Bertz CT molecular complexity index is 686. The van der Waals surface area contributed by atoms with Crippen LogP contribution in [0.1, 0.15) is 21.5 Å². The monoisotopic (exact) mass is 289 g/mol. The van der Waals surface area contributed by atoms with Crippen molar-refractivity contribution in [1.29, 1.82) is 0 Å². The first-order valence-electron chi connectivity index (χ1n) is 6.11. The number of carbonyl (C=O) groups excluding carboxylic acids is 1. The summed E-state index contributed by atoms with van der Waals surface area (Å²) in [6.07, 6.45) is 1.13. The Hall–Kier alpha value is -2.83. The number of benzene rings is 1. The maximum atomic E-state index is 12.7. The van der Waals surface area contributed by atoms with E-state index in [4.69, 9.17) is 0 Å². The van der Waals surface area contributed by atoms with E-state index in [-0.39, 0.29) is 17.8 Å². The van der Waals surface area contributed by atoms with Gasteiger partial charge in [0.05, 0.1) is 10.5 Å². The molecule has 21 heavy (non-hydrogen) atoms. The zero-order chi connectivity index (χ0) is 15.4. The fourth-order valence-corrected chi connectivity index (χ4v) is 1.85. The van der Waals surface area contributed by atoms with Crippen molar-refractivity contribution in [2.75, 3.05) is 0 Å². The number of aromatic nitrogens is 1. The van der Waals surface area contributed by atoms with Gasteiger partial charge in [0.1, 0.15) is 0 Å². The Morgan fingerprint density at radius 1 is 1.38 bits per heavy atom. The van der Waals surface area contributed by atoms with Crippen molar-refractivity contribution in [1.82, 2.24) is 10.3 Å². The number of pyridine rings is 1. The summed E-state index contributed by atoms with van der Waals surface area (Å²) in [6, 6.07) is 7.08. The number of halogens is 1. The molecule has 2 aromatic rings. The third-order valence-corrected chi connectivity index (χ3v) is 3.04. The molecule has 0 saturated heterocycles. The molecule has 0 aliphatic carbocycles. The Labute approximate surface area is 119 Å². The van der Waals surface area contributed by atoms with Crippen LogP contribution in [0.3, 0.4) is 0 Å². The largest absolute Gasteiger partial charge is 0.348 e. The molecule has 0 aliphatic heterocycles. The third-order valence-electron chi connectivity index (χ3n) is 3.04. The molecule has 108 valence electrons. The summed E-state index contributed by atoms with van der Waals surface area (Å²) in [5, 5.41) is 13.5. The highest BCUT2D eigenvalue weighted by atomic mass is 19.1. The van der Waals surface area contributed by atoms with Crippen LogP contribution >= 0.6 is 0 Å².